The van der Waals surface area contributed by atoms with Crippen LogP contribution in [0, 0.1) is 5.82 Å². The Hall–Kier alpha value is -3.34. The number of halogens is 3. The Bertz CT molecular complexity index is 1510. The van der Waals surface area contributed by atoms with Crippen molar-refractivity contribution in [2.75, 3.05) is 18.0 Å². The van der Waals surface area contributed by atoms with Gasteiger partial charge in [-0.3, -0.25) is 13.9 Å². The van der Waals surface area contributed by atoms with Crippen LogP contribution in [0.15, 0.2) is 71.6 Å². The van der Waals surface area contributed by atoms with E-state index in [-0.39, 0.29) is 34.1 Å². The monoisotopic (exact) mass is 635 g/mol. The fourth-order valence-corrected chi connectivity index (χ4v) is 6.56. The van der Waals surface area contributed by atoms with E-state index in [2.05, 4.69) is 5.32 Å². The van der Waals surface area contributed by atoms with Crippen LogP contribution in [-0.4, -0.2) is 50.9 Å². The van der Waals surface area contributed by atoms with E-state index in [0.29, 0.717) is 16.3 Å². The summed E-state index contributed by atoms with van der Waals surface area (Å²) in [4.78, 5) is 28.5. The van der Waals surface area contributed by atoms with Gasteiger partial charge in [-0.25, -0.2) is 12.8 Å². The van der Waals surface area contributed by atoms with E-state index in [4.69, 9.17) is 27.9 Å². The van der Waals surface area contributed by atoms with Gasteiger partial charge in [0.2, 0.25) is 11.8 Å². The summed E-state index contributed by atoms with van der Waals surface area (Å²) in [5.74, 6) is -1.10. The van der Waals surface area contributed by atoms with Gasteiger partial charge in [0.05, 0.1) is 27.7 Å². The third-order valence-electron chi connectivity index (χ3n) is 7.25. The van der Waals surface area contributed by atoms with Gasteiger partial charge in [-0.1, -0.05) is 42.1 Å². The molecule has 1 aliphatic carbocycles. The van der Waals surface area contributed by atoms with Crippen molar-refractivity contribution in [2.24, 2.45) is 0 Å². The van der Waals surface area contributed by atoms with Crippen LogP contribution < -0.4 is 14.4 Å². The maximum absolute atomic E-state index is 14.0. The number of ether oxygens (including phenoxy) is 1. The maximum atomic E-state index is 14.0. The van der Waals surface area contributed by atoms with Gasteiger partial charge >= 0.3 is 0 Å². The first-order valence-electron chi connectivity index (χ1n) is 13.5. The zero-order chi connectivity index (χ0) is 30.4. The highest BCUT2D eigenvalue weighted by atomic mass is 35.5. The van der Waals surface area contributed by atoms with Crippen molar-refractivity contribution in [3.63, 3.8) is 0 Å². The molecular weight excluding hydrogens is 604 g/mol. The van der Waals surface area contributed by atoms with Gasteiger partial charge in [-0.15, -0.1) is 0 Å². The van der Waals surface area contributed by atoms with Crippen LogP contribution in [0.3, 0.4) is 0 Å². The molecule has 3 aromatic carbocycles. The highest BCUT2D eigenvalue weighted by molar-refractivity contribution is 7.92. The van der Waals surface area contributed by atoms with Crippen LogP contribution in [0.25, 0.3) is 0 Å². The molecule has 3 aromatic rings. The van der Waals surface area contributed by atoms with E-state index in [1.807, 2.05) is 0 Å². The van der Waals surface area contributed by atoms with Gasteiger partial charge < -0.3 is 15.0 Å². The highest BCUT2D eigenvalue weighted by Gasteiger charge is 2.33. The van der Waals surface area contributed by atoms with E-state index in [9.17, 15) is 22.4 Å². The first-order chi connectivity index (χ1) is 20.0. The fraction of sp³-hybridized carbons (Fsp3) is 0.333. The number of hydrogen-bond donors (Lipinski definition) is 1. The molecule has 0 aliphatic heterocycles. The van der Waals surface area contributed by atoms with Crippen LogP contribution >= 0.6 is 23.2 Å². The Morgan fingerprint density at radius 2 is 1.64 bits per heavy atom. The number of anilines is 1. The summed E-state index contributed by atoms with van der Waals surface area (Å²) < 4.78 is 47.5. The van der Waals surface area contributed by atoms with Crippen molar-refractivity contribution >= 4 is 50.7 Å². The van der Waals surface area contributed by atoms with E-state index in [1.165, 1.54) is 48.4 Å². The van der Waals surface area contributed by atoms with Crippen molar-refractivity contribution < 1.29 is 27.1 Å². The quantitative estimate of drug-likeness (QED) is 0.287. The highest BCUT2D eigenvalue weighted by Crippen LogP contribution is 2.27. The van der Waals surface area contributed by atoms with Crippen LogP contribution in [-0.2, 0) is 26.2 Å². The van der Waals surface area contributed by atoms with Gasteiger partial charge in [0.15, 0.2) is 0 Å². The van der Waals surface area contributed by atoms with Gasteiger partial charge in [0.1, 0.15) is 24.2 Å². The number of carbonyl (C=O) groups is 2. The summed E-state index contributed by atoms with van der Waals surface area (Å²) in [7, 11) is -2.84. The lowest BCUT2D eigenvalue weighted by Crippen LogP contribution is -2.52. The summed E-state index contributed by atoms with van der Waals surface area (Å²) >= 11 is 12.3. The number of carbonyl (C=O) groups excluding carboxylic acids is 2. The van der Waals surface area contributed by atoms with Gasteiger partial charge in [-0.2, -0.15) is 0 Å². The molecule has 42 heavy (non-hydrogen) atoms. The van der Waals surface area contributed by atoms with Crippen LogP contribution in [0.4, 0.5) is 10.1 Å². The summed E-state index contributed by atoms with van der Waals surface area (Å²) in [6, 6.07) is 14.4. The number of amides is 2. The van der Waals surface area contributed by atoms with Crippen molar-refractivity contribution in [1.29, 1.82) is 0 Å². The molecule has 0 saturated heterocycles. The molecule has 1 saturated carbocycles. The molecule has 0 aromatic heterocycles. The van der Waals surface area contributed by atoms with Gasteiger partial charge in [-0.05, 0) is 86.0 Å². The standard InChI is InChI=1S/C30H32Cl2FN3O5S/c1-20(30(38)34-23-5-3-4-6-23)35(18-21-7-16-27(31)28(32)17-21)29(37)19-36(24-10-8-22(33)9-11-24)42(39,40)26-14-12-25(41-2)13-15-26/h7-17,20,23H,3-6,18-19H2,1-2H3,(H,34,38). The molecule has 1 atom stereocenters. The molecule has 8 nitrogen and oxygen atoms in total. The van der Waals surface area contributed by atoms with Crippen molar-refractivity contribution in [3.05, 3.63) is 88.2 Å². The van der Waals surface area contributed by atoms with Crippen molar-refractivity contribution in [1.82, 2.24) is 10.2 Å². The first kappa shape index (κ1) is 31.6. The summed E-state index contributed by atoms with van der Waals surface area (Å²) in [6.45, 7) is 0.914. The molecule has 0 radical (unpaired) electrons. The number of sulfonamides is 1. The number of benzene rings is 3. The van der Waals surface area contributed by atoms with E-state index in [1.54, 1.807) is 25.1 Å². The molecule has 2 amide bonds. The van der Waals surface area contributed by atoms with Crippen molar-refractivity contribution in [3.8, 4) is 5.75 Å². The molecule has 0 heterocycles. The second-order valence-corrected chi connectivity index (χ2v) is 12.8. The molecule has 224 valence electrons. The van der Waals surface area contributed by atoms with Crippen LogP contribution in [0.5, 0.6) is 5.75 Å². The number of nitrogens with zero attached hydrogens (tertiary/aromatic N) is 2. The van der Waals surface area contributed by atoms with Crippen LogP contribution in [0.2, 0.25) is 10.0 Å². The minimum absolute atomic E-state index is 0.0213. The zero-order valence-corrected chi connectivity index (χ0v) is 25.6. The average molecular weight is 637 g/mol. The number of rotatable bonds is 11. The largest absolute Gasteiger partial charge is 0.497 e. The molecule has 1 N–H and O–H groups in total. The Morgan fingerprint density at radius 1 is 1.00 bits per heavy atom. The lowest BCUT2D eigenvalue weighted by atomic mass is 10.1. The second-order valence-electron chi connectivity index (χ2n) is 10.1. The van der Waals surface area contributed by atoms with E-state index >= 15 is 0 Å². The molecule has 0 bridgehead atoms. The number of methoxy groups -OCH3 is 1. The third-order valence-corrected chi connectivity index (χ3v) is 9.77. The molecule has 0 spiro atoms. The molecule has 12 heteroatoms. The molecule has 4 rings (SSSR count). The Kier molecular flexibility index (Phi) is 10.3. The summed E-state index contributed by atoms with van der Waals surface area (Å²) in [5, 5.41) is 3.62. The van der Waals surface area contributed by atoms with Gasteiger partial charge in [0, 0.05) is 12.6 Å². The summed E-state index contributed by atoms with van der Waals surface area (Å²) in [6.07, 6.45) is 3.75. The lowest BCUT2D eigenvalue weighted by Gasteiger charge is -2.32. The van der Waals surface area contributed by atoms with E-state index < -0.39 is 34.3 Å². The first-order valence-corrected chi connectivity index (χ1v) is 15.7. The number of nitrogens with one attached hydrogen (secondary N) is 1. The molecule has 1 unspecified atom stereocenters. The number of hydrogen-bond acceptors (Lipinski definition) is 5. The minimum Gasteiger partial charge on any atom is -0.497 e. The van der Waals surface area contributed by atoms with Crippen molar-refractivity contribution in [2.45, 2.75) is 56.1 Å². The fourth-order valence-electron chi connectivity index (χ4n) is 4.82. The molecule has 1 aliphatic rings. The predicted octanol–water partition coefficient (Wildman–Crippen LogP) is 5.81. The summed E-state index contributed by atoms with van der Waals surface area (Å²) in [5.41, 5.74) is 0.683. The van der Waals surface area contributed by atoms with Gasteiger partial charge in [0.25, 0.3) is 10.0 Å². The minimum atomic E-state index is -4.30. The molecular formula is C30H32Cl2FN3O5S. The SMILES string of the molecule is COc1ccc(S(=O)(=O)N(CC(=O)N(Cc2ccc(Cl)c(Cl)c2)C(C)C(=O)NC2CCCC2)c2ccc(F)cc2)cc1. The normalized spacial score (nSPS) is 14.3. The smallest absolute Gasteiger partial charge is 0.264 e. The Labute approximate surface area is 255 Å². The predicted molar refractivity (Wildman–Crippen MR) is 161 cm³/mol. The van der Waals surface area contributed by atoms with Crippen LogP contribution in [0.1, 0.15) is 38.2 Å². The zero-order valence-electron chi connectivity index (χ0n) is 23.2. The Balaban J connectivity index is 1.69. The maximum Gasteiger partial charge on any atom is 0.264 e. The second kappa shape index (κ2) is 13.8. The average Bonchev–Trinajstić information content (AvgIpc) is 3.49. The van der Waals surface area contributed by atoms with E-state index in [0.717, 1.165) is 42.1 Å². The lowest BCUT2D eigenvalue weighted by molar-refractivity contribution is -0.139. The third kappa shape index (κ3) is 7.53. The topological polar surface area (TPSA) is 96.0 Å². The Morgan fingerprint density at radius 3 is 2.24 bits per heavy atom. The molecule has 1 fully saturated rings.